The highest BCUT2D eigenvalue weighted by atomic mass is 35.5. The van der Waals surface area contributed by atoms with Gasteiger partial charge in [-0.15, -0.1) is 0 Å². The van der Waals surface area contributed by atoms with Gasteiger partial charge < -0.3 is 35.3 Å². The van der Waals surface area contributed by atoms with Crippen LogP contribution in [0.4, 0.5) is 23.0 Å². The van der Waals surface area contributed by atoms with Crippen LogP contribution < -0.4 is 30.6 Å². The Hall–Kier alpha value is -4.58. The molecule has 0 aliphatic carbocycles. The number of hydrogen-bond acceptors (Lipinski definition) is 10. The second kappa shape index (κ2) is 12.5. The number of halogens is 2. The smallest absolute Gasteiger partial charge is 0.248 e. The van der Waals surface area contributed by atoms with E-state index in [1.54, 1.807) is 42.6 Å². The van der Waals surface area contributed by atoms with Gasteiger partial charge in [0.1, 0.15) is 51.4 Å². The summed E-state index contributed by atoms with van der Waals surface area (Å²) in [6.45, 7) is 4.86. The van der Waals surface area contributed by atoms with E-state index in [9.17, 15) is 4.79 Å². The van der Waals surface area contributed by atoms with Gasteiger partial charge in [-0.1, -0.05) is 29.8 Å². The quantitative estimate of drug-likeness (QED) is 0.183. The molecule has 0 unspecified atom stereocenters. The largest absolute Gasteiger partial charge is 0.495 e. The molecule has 4 N–H and O–H groups in total. The maximum atomic E-state index is 12.0. The first kappa shape index (κ1) is 28.9. The standard InChI is InChI=1S/C29H26Cl2N6O5/c1-15(28(32)38)19-9-16(42-17-12-41-13-17)6-7-20(19)36-24-10-21(34-14-35-24)18-5-4-8-33-29(18)37-27-25(30)22(39-2)11-23(40-3)26(27)31/h4-11,14,17H,1,12-13H2,2-3H3,(H2,32,38)(H,33,37)(H,34,35,36). The fraction of sp³-hybridized carbons (Fsp3) is 0.172. The van der Waals surface area contributed by atoms with E-state index in [-0.39, 0.29) is 21.7 Å². The average Bonchev–Trinajstić information content (AvgIpc) is 2.98. The highest BCUT2D eigenvalue weighted by Gasteiger charge is 2.22. The van der Waals surface area contributed by atoms with E-state index < -0.39 is 5.91 Å². The van der Waals surface area contributed by atoms with Gasteiger partial charge in [-0.2, -0.15) is 0 Å². The van der Waals surface area contributed by atoms with Crippen molar-refractivity contribution in [3.8, 4) is 28.5 Å². The van der Waals surface area contributed by atoms with E-state index in [0.29, 0.717) is 70.3 Å². The lowest BCUT2D eigenvalue weighted by Crippen LogP contribution is -2.38. The summed E-state index contributed by atoms with van der Waals surface area (Å²) < 4.78 is 21.8. The number of anilines is 4. The maximum Gasteiger partial charge on any atom is 0.248 e. The summed E-state index contributed by atoms with van der Waals surface area (Å²) in [6, 6.07) is 12.2. The van der Waals surface area contributed by atoms with Gasteiger partial charge in [0.2, 0.25) is 5.91 Å². The number of pyridine rings is 1. The predicted octanol–water partition coefficient (Wildman–Crippen LogP) is 5.63. The van der Waals surface area contributed by atoms with E-state index >= 15 is 0 Å². The van der Waals surface area contributed by atoms with Gasteiger partial charge in [0.15, 0.2) is 0 Å². The number of nitrogens with two attached hydrogens (primary N) is 1. The molecule has 1 amide bonds. The lowest BCUT2D eigenvalue weighted by molar-refractivity contribution is -0.112. The van der Waals surface area contributed by atoms with Gasteiger partial charge in [0.25, 0.3) is 0 Å². The minimum atomic E-state index is -0.664. The molecule has 2 aromatic heterocycles. The maximum absolute atomic E-state index is 12.0. The Morgan fingerprint density at radius 2 is 1.76 bits per heavy atom. The summed E-state index contributed by atoms with van der Waals surface area (Å²) in [6.07, 6.45) is 2.97. The van der Waals surface area contributed by atoms with Crippen molar-refractivity contribution in [1.29, 1.82) is 0 Å². The Bertz CT molecular complexity index is 1640. The molecule has 0 radical (unpaired) electrons. The molecule has 5 rings (SSSR count). The lowest BCUT2D eigenvalue weighted by Gasteiger charge is -2.27. The summed E-state index contributed by atoms with van der Waals surface area (Å²) in [7, 11) is 2.99. The van der Waals surface area contributed by atoms with Gasteiger partial charge in [-0.25, -0.2) is 15.0 Å². The third-order valence-corrected chi connectivity index (χ3v) is 7.10. The van der Waals surface area contributed by atoms with Crippen LogP contribution in [0.2, 0.25) is 10.0 Å². The summed E-state index contributed by atoms with van der Waals surface area (Å²) in [5.74, 6) is 1.50. The van der Waals surface area contributed by atoms with Crippen LogP contribution in [0.1, 0.15) is 5.56 Å². The average molecular weight is 609 g/mol. The molecule has 2 aromatic carbocycles. The van der Waals surface area contributed by atoms with E-state index in [1.807, 2.05) is 6.07 Å². The predicted molar refractivity (Wildman–Crippen MR) is 161 cm³/mol. The fourth-order valence-corrected chi connectivity index (χ4v) is 4.69. The van der Waals surface area contributed by atoms with Crippen LogP contribution in [-0.2, 0) is 9.53 Å². The van der Waals surface area contributed by atoms with Crippen molar-refractivity contribution >= 4 is 57.7 Å². The van der Waals surface area contributed by atoms with Gasteiger partial charge in [-0.05, 0) is 30.3 Å². The Labute approximate surface area is 251 Å². The number of carbonyl (C=O) groups excluding carboxylic acids is 1. The number of carbonyl (C=O) groups is 1. The molecule has 0 spiro atoms. The molecule has 1 saturated heterocycles. The number of hydrogen-bond donors (Lipinski definition) is 3. The first-order chi connectivity index (χ1) is 20.3. The molecule has 3 heterocycles. The molecule has 4 aromatic rings. The molecule has 1 aliphatic rings. The molecule has 1 aliphatic heterocycles. The number of primary amides is 1. The highest BCUT2D eigenvalue weighted by Crippen LogP contribution is 2.46. The molecule has 11 nitrogen and oxygen atoms in total. The Balaban J connectivity index is 1.47. The van der Waals surface area contributed by atoms with Gasteiger partial charge in [-0.3, -0.25) is 4.79 Å². The summed E-state index contributed by atoms with van der Waals surface area (Å²) >= 11 is 13.1. The first-order valence-corrected chi connectivity index (χ1v) is 13.3. The van der Waals surface area contributed by atoms with Crippen molar-refractivity contribution in [2.75, 3.05) is 38.1 Å². The van der Waals surface area contributed by atoms with Crippen LogP contribution in [0.3, 0.4) is 0 Å². The first-order valence-electron chi connectivity index (χ1n) is 12.6. The zero-order chi connectivity index (χ0) is 29.8. The summed E-state index contributed by atoms with van der Waals surface area (Å²) in [5, 5.41) is 6.93. The zero-order valence-corrected chi connectivity index (χ0v) is 24.1. The number of nitrogens with zero attached hydrogens (tertiary/aromatic N) is 3. The highest BCUT2D eigenvalue weighted by molar-refractivity contribution is 6.41. The number of amides is 1. The van der Waals surface area contributed by atoms with Crippen LogP contribution in [0.25, 0.3) is 16.8 Å². The Morgan fingerprint density at radius 3 is 2.40 bits per heavy atom. The van der Waals surface area contributed by atoms with Crippen LogP contribution in [0.5, 0.6) is 17.2 Å². The van der Waals surface area contributed by atoms with E-state index in [4.69, 9.17) is 47.9 Å². The normalized spacial score (nSPS) is 12.7. The number of benzene rings is 2. The number of aromatic nitrogens is 3. The van der Waals surface area contributed by atoms with Crippen LogP contribution in [0, 0.1) is 0 Å². The van der Waals surface area contributed by atoms with Crippen molar-refractivity contribution in [1.82, 2.24) is 15.0 Å². The number of ether oxygens (including phenoxy) is 4. The third kappa shape index (κ3) is 6.03. The van der Waals surface area contributed by atoms with Crippen molar-refractivity contribution in [3.63, 3.8) is 0 Å². The van der Waals surface area contributed by atoms with Crippen molar-refractivity contribution < 1.29 is 23.7 Å². The van der Waals surface area contributed by atoms with Gasteiger partial charge in [0, 0.05) is 40.7 Å². The molecular formula is C29H26Cl2N6O5. The monoisotopic (exact) mass is 608 g/mol. The second-order valence-corrected chi connectivity index (χ2v) is 9.81. The van der Waals surface area contributed by atoms with Crippen LogP contribution in [0.15, 0.2) is 61.6 Å². The van der Waals surface area contributed by atoms with Crippen LogP contribution >= 0.6 is 23.2 Å². The molecule has 0 bridgehead atoms. The van der Waals surface area contributed by atoms with Crippen molar-refractivity contribution in [3.05, 3.63) is 77.2 Å². The SMILES string of the molecule is C=C(C(N)=O)c1cc(OC2COC2)ccc1Nc1cc(-c2cccnc2Nc2c(Cl)c(OC)cc(OC)c2Cl)ncn1. The molecular weight excluding hydrogens is 583 g/mol. The fourth-order valence-electron chi connectivity index (χ4n) is 4.10. The van der Waals surface area contributed by atoms with Crippen molar-refractivity contribution in [2.45, 2.75) is 6.10 Å². The van der Waals surface area contributed by atoms with E-state index in [2.05, 4.69) is 32.2 Å². The molecule has 13 heteroatoms. The molecule has 0 saturated carbocycles. The summed E-state index contributed by atoms with van der Waals surface area (Å²) in [4.78, 5) is 25.3. The Kier molecular flexibility index (Phi) is 8.62. The zero-order valence-electron chi connectivity index (χ0n) is 22.6. The molecule has 216 valence electrons. The van der Waals surface area contributed by atoms with E-state index in [0.717, 1.165) is 0 Å². The number of rotatable bonds is 11. The lowest BCUT2D eigenvalue weighted by atomic mass is 10.0. The van der Waals surface area contributed by atoms with E-state index in [1.165, 1.54) is 20.5 Å². The number of nitrogens with one attached hydrogen (secondary N) is 2. The minimum Gasteiger partial charge on any atom is -0.495 e. The molecule has 1 fully saturated rings. The van der Waals surface area contributed by atoms with Gasteiger partial charge in [0.05, 0.1) is 38.8 Å². The topological polar surface area (TPSA) is 143 Å². The molecule has 42 heavy (non-hydrogen) atoms. The second-order valence-electron chi connectivity index (χ2n) is 9.05. The van der Waals surface area contributed by atoms with Gasteiger partial charge >= 0.3 is 0 Å². The van der Waals surface area contributed by atoms with Crippen molar-refractivity contribution in [2.24, 2.45) is 5.73 Å². The third-order valence-electron chi connectivity index (χ3n) is 6.35. The van der Waals surface area contributed by atoms with Crippen LogP contribution in [-0.4, -0.2) is 54.4 Å². The summed E-state index contributed by atoms with van der Waals surface area (Å²) in [5.41, 5.74) is 8.21. The number of methoxy groups -OCH3 is 2. The minimum absolute atomic E-state index is 0.0481. The molecule has 0 atom stereocenters. The Morgan fingerprint density at radius 1 is 1.02 bits per heavy atom.